The van der Waals surface area contributed by atoms with Gasteiger partial charge in [-0.1, -0.05) is 19.1 Å². The molecular formula is C16H20N2O2S. The van der Waals surface area contributed by atoms with Crippen molar-refractivity contribution in [1.82, 2.24) is 10.3 Å². The molecule has 0 saturated carbocycles. The number of likely N-dealkylation sites (N-methyl/N-ethyl adjacent to an activating group) is 1. The Hall–Kier alpha value is -1.72. The summed E-state index contributed by atoms with van der Waals surface area (Å²) < 4.78 is 23.4. The first-order valence-corrected chi connectivity index (χ1v) is 8.82. The Kier molecular flexibility index (Phi) is 5.09. The normalized spacial score (nSPS) is 13.0. The second kappa shape index (κ2) is 6.83. The average Bonchev–Trinajstić information content (AvgIpc) is 2.47. The number of aromatic nitrogens is 1. The summed E-state index contributed by atoms with van der Waals surface area (Å²) in [7, 11) is -3.18. The minimum atomic E-state index is -3.18. The summed E-state index contributed by atoms with van der Waals surface area (Å²) in [5.41, 5.74) is 2.15. The van der Waals surface area contributed by atoms with Crippen molar-refractivity contribution in [3.63, 3.8) is 0 Å². The maximum atomic E-state index is 11.7. The van der Waals surface area contributed by atoms with Gasteiger partial charge in [0.15, 0.2) is 9.84 Å². The first-order chi connectivity index (χ1) is 10.0. The van der Waals surface area contributed by atoms with E-state index in [-0.39, 0.29) is 6.04 Å². The van der Waals surface area contributed by atoms with E-state index >= 15 is 0 Å². The molecule has 2 aromatic rings. The molecule has 0 aliphatic rings. The summed E-state index contributed by atoms with van der Waals surface area (Å²) in [4.78, 5) is 4.38. The van der Waals surface area contributed by atoms with Crippen LogP contribution in [0.25, 0.3) is 0 Å². The van der Waals surface area contributed by atoms with Crippen LogP contribution < -0.4 is 5.32 Å². The van der Waals surface area contributed by atoms with E-state index in [1.54, 1.807) is 30.6 Å². The lowest BCUT2D eigenvalue weighted by Crippen LogP contribution is -2.23. The van der Waals surface area contributed by atoms with E-state index in [1.165, 1.54) is 11.8 Å². The summed E-state index contributed by atoms with van der Waals surface area (Å²) >= 11 is 0. The molecule has 112 valence electrons. The van der Waals surface area contributed by atoms with Crippen LogP contribution in [-0.4, -0.2) is 26.2 Å². The lowest BCUT2D eigenvalue weighted by Gasteiger charge is -2.19. The van der Waals surface area contributed by atoms with Gasteiger partial charge in [-0.2, -0.15) is 0 Å². The van der Waals surface area contributed by atoms with Crippen LogP contribution in [-0.2, 0) is 16.3 Å². The molecule has 0 fully saturated rings. The molecule has 1 aromatic heterocycles. The van der Waals surface area contributed by atoms with Gasteiger partial charge >= 0.3 is 0 Å². The van der Waals surface area contributed by atoms with Crippen LogP contribution in [0.1, 0.15) is 24.1 Å². The molecule has 0 amide bonds. The van der Waals surface area contributed by atoms with Crippen LogP contribution >= 0.6 is 0 Å². The lowest BCUT2D eigenvalue weighted by atomic mass is 9.99. The molecule has 5 heteroatoms. The molecular weight excluding hydrogens is 284 g/mol. The van der Waals surface area contributed by atoms with Crippen molar-refractivity contribution in [2.45, 2.75) is 24.3 Å². The van der Waals surface area contributed by atoms with E-state index in [1.807, 2.05) is 25.1 Å². The Labute approximate surface area is 126 Å². The number of hydrogen-bond acceptors (Lipinski definition) is 4. The Morgan fingerprint density at radius 1 is 1.19 bits per heavy atom. The molecule has 0 bridgehead atoms. The molecule has 0 aliphatic carbocycles. The van der Waals surface area contributed by atoms with Crippen LogP contribution in [0.2, 0.25) is 0 Å². The molecule has 4 nitrogen and oxygen atoms in total. The predicted molar refractivity (Wildman–Crippen MR) is 83.9 cm³/mol. The van der Waals surface area contributed by atoms with Crippen LogP contribution in [0.15, 0.2) is 53.7 Å². The topological polar surface area (TPSA) is 59.1 Å². The number of pyridine rings is 1. The number of rotatable bonds is 6. The van der Waals surface area contributed by atoms with Gasteiger partial charge in [-0.3, -0.25) is 4.98 Å². The van der Waals surface area contributed by atoms with Gasteiger partial charge in [-0.15, -0.1) is 0 Å². The Balaban J connectivity index is 2.30. The minimum Gasteiger partial charge on any atom is -0.310 e. The van der Waals surface area contributed by atoms with E-state index in [4.69, 9.17) is 0 Å². The van der Waals surface area contributed by atoms with E-state index in [0.29, 0.717) is 4.90 Å². The van der Waals surface area contributed by atoms with Gasteiger partial charge in [0.2, 0.25) is 0 Å². The highest BCUT2D eigenvalue weighted by molar-refractivity contribution is 7.90. The van der Waals surface area contributed by atoms with Crippen molar-refractivity contribution in [1.29, 1.82) is 0 Å². The molecule has 1 N–H and O–H groups in total. The molecule has 21 heavy (non-hydrogen) atoms. The fourth-order valence-corrected chi connectivity index (χ4v) is 2.95. The van der Waals surface area contributed by atoms with Crippen molar-refractivity contribution >= 4 is 9.84 Å². The summed E-state index contributed by atoms with van der Waals surface area (Å²) in [6.07, 6.45) is 5.57. The number of hydrogen-bond donors (Lipinski definition) is 1. The number of benzene rings is 1. The zero-order chi connectivity index (χ0) is 15.3. The quantitative estimate of drug-likeness (QED) is 0.890. The summed E-state index contributed by atoms with van der Waals surface area (Å²) in [6, 6.07) is 11.2. The van der Waals surface area contributed by atoms with Gasteiger partial charge in [0.05, 0.1) is 4.90 Å². The number of sulfone groups is 1. The third-order valence-corrected chi connectivity index (χ3v) is 4.44. The largest absolute Gasteiger partial charge is 0.310 e. The molecule has 1 aromatic carbocycles. The third kappa shape index (κ3) is 4.37. The standard InChI is InChI=1S/C16H20N2O2S/c1-3-18-16(11-13-7-9-17-10-8-13)14-5-4-6-15(12-14)21(2,19)20/h4-10,12,16,18H,3,11H2,1-2H3. The predicted octanol–water partition coefficient (Wildman–Crippen LogP) is 2.38. The van der Waals surface area contributed by atoms with Gasteiger partial charge in [-0.25, -0.2) is 8.42 Å². The second-order valence-corrected chi connectivity index (χ2v) is 7.03. The molecule has 0 radical (unpaired) electrons. The molecule has 0 aliphatic heterocycles. The zero-order valence-corrected chi connectivity index (χ0v) is 13.1. The van der Waals surface area contributed by atoms with Gasteiger partial charge in [-0.05, 0) is 48.4 Å². The first-order valence-electron chi connectivity index (χ1n) is 6.93. The van der Waals surface area contributed by atoms with Gasteiger partial charge < -0.3 is 5.32 Å². The lowest BCUT2D eigenvalue weighted by molar-refractivity contribution is 0.548. The SMILES string of the molecule is CCNC(Cc1ccncc1)c1cccc(S(C)(=O)=O)c1. The number of nitrogens with zero attached hydrogens (tertiary/aromatic N) is 1. The van der Waals surface area contributed by atoms with Crippen molar-refractivity contribution in [2.24, 2.45) is 0 Å². The Morgan fingerprint density at radius 3 is 2.52 bits per heavy atom. The highest BCUT2D eigenvalue weighted by Gasteiger charge is 2.14. The smallest absolute Gasteiger partial charge is 0.175 e. The Morgan fingerprint density at radius 2 is 1.90 bits per heavy atom. The molecule has 0 saturated heterocycles. The summed E-state index contributed by atoms with van der Waals surface area (Å²) in [5, 5.41) is 3.41. The summed E-state index contributed by atoms with van der Waals surface area (Å²) in [5.74, 6) is 0. The Bertz CT molecular complexity index is 684. The van der Waals surface area contributed by atoms with Crippen molar-refractivity contribution in [3.8, 4) is 0 Å². The molecule has 1 heterocycles. The fraction of sp³-hybridized carbons (Fsp3) is 0.312. The van der Waals surface area contributed by atoms with Crippen LogP contribution in [0, 0.1) is 0 Å². The monoisotopic (exact) mass is 304 g/mol. The van der Waals surface area contributed by atoms with Gasteiger partial charge in [0.1, 0.15) is 0 Å². The van der Waals surface area contributed by atoms with Crippen molar-refractivity contribution in [2.75, 3.05) is 12.8 Å². The second-order valence-electron chi connectivity index (χ2n) is 5.01. The first kappa shape index (κ1) is 15.7. The maximum absolute atomic E-state index is 11.7. The molecule has 0 spiro atoms. The molecule has 1 unspecified atom stereocenters. The van der Waals surface area contributed by atoms with Crippen molar-refractivity contribution in [3.05, 3.63) is 59.9 Å². The van der Waals surface area contributed by atoms with Crippen LogP contribution in [0.3, 0.4) is 0 Å². The average molecular weight is 304 g/mol. The third-order valence-electron chi connectivity index (χ3n) is 3.33. The highest BCUT2D eigenvalue weighted by atomic mass is 32.2. The van der Waals surface area contributed by atoms with Gasteiger partial charge in [0, 0.05) is 24.7 Å². The van der Waals surface area contributed by atoms with E-state index in [9.17, 15) is 8.42 Å². The summed E-state index contributed by atoms with van der Waals surface area (Å²) in [6.45, 7) is 2.86. The fourth-order valence-electron chi connectivity index (χ4n) is 2.27. The van der Waals surface area contributed by atoms with Crippen LogP contribution in [0.5, 0.6) is 0 Å². The van der Waals surface area contributed by atoms with E-state index in [2.05, 4.69) is 10.3 Å². The van der Waals surface area contributed by atoms with E-state index < -0.39 is 9.84 Å². The minimum absolute atomic E-state index is 0.0825. The van der Waals surface area contributed by atoms with Crippen molar-refractivity contribution < 1.29 is 8.42 Å². The highest BCUT2D eigenvalue weighted by Crippen LogP contribution is 2.21. The maximum Gasteiger partial charge on any atom is 0.175 e. The zero-order valence-electron chi connectivity index (χ0n) is 12.3. The van der Waals surface area contributed by atoms with E-state index in [0.717, 1.165) is 18.5 Å². The van der Waals surface area contributed by atoms with Crippen LogP contribution in [0.4, 0.5) is 0 Å². The molecule has 2 rings (SSSR count). The number of nitrogens with one attached hydrogen (secondary N) is 1. The molecule has 1 atom stereocenters. The van der Waals surface area contributed by atoms with Gasteiger partial charge in [0.25, 0.3) is 0 Å².